The van der Waals surface area contributed by atoms with Crippen LogP contribution in [0.25, 0.3) is 0 Å². The number of nitrogens with zero attached hydrogens (tertiary/aromatic N) is 2. The van der Waals surface area contributed by atoms with Crippen molar-refractivity contribution in [3.05, 3.63) is 35.4 Å². The third-order valence-electron chi connectivity index (χ3n) is 5.75. The van der Waals surface area contributed by atoms with E-state index in [4.69, 9.17) is 15.7 Å². The average molecular weight is 490 g/mol. The van der Waals surface area contributed by atoms with Gasteiger partial charge in [-0.2, -0.15) is 0 Å². The lowest BCUT2D eigenvalue weighted by atomic mass is 10.1. The van der Waals surface area contributed by atoms with Crippen LogP contribution in [-0.2, 0) is 20.9 Å². The van der Waals surface area contributed by atoms with E-state index < -0.39 is 23.8 Å². The van der Waals surface area contributed by atoms with Crippen molar-refractivity contribution in [3.8, 4) is 0 Å². The van der Waals surface area contributed by atoms with Gasteiger partial charge in [-0.1, -0.05) is 55.6 Å². The summed E-state index contributed by atoms with van der Waals surface area (Å²) in [5, 5.41) is 17.4. The molecule has 1 aliphatic rings. The molecule has 2 atom stereocenters. The van der Waals surface area contributed by atoms with Gasteiger partial charge in [0.05, 0.1) is 0 Å². The third kappa shape index (κ3) is 8.77. The zero-order chi connectivity index (χ0) is 26.0. The average Bonchev–Trinajstić information content (AvgIpc) is 3.30. The van der Waals surface area contributed by atoms with Gasteiger partial charge in [0.2, 0.25) is 11.8 Å². The number of amidine groups is 1. The molecular weight excluding hydrogens is 450 g/mol. The Hall–Kier alpha value is -3.30. The normalized spacial score (nSPS) is 17.1. The minimum atomic E-state index is -0.740. The summed E-state index contributed by atoms with van der Waals surface area (Å²) in [6, 6.07) is 5.62. The summed E-state index contributed by atoms with van der Waals surface area (Å²) in [7, 11) is 0. The number of ether oxygens (including phenoxy) is 1. The maximum Gasteiger partial charge on any atom is 0.408 e. The number of amides is 3. The molecule has 194 valence electrons. The van der Waals surface area contributed by atoms with Gasteiger partial charge in [-0.3, -0.25) is 9.59 Å². The number of hydrogen-bond donors (Lipinski definition) is 4. The molecule has 3 amide bonds. The molecule has 1 aromatic carbocycles. The smallest absolute Gasteiger partial charge is 0.408 e. The molecule has 2 unspecified atom stereocenters. The first kappa shape index (κ1) is 27.9. The highest BCUT2D eigenvalue weighted by Crippen LogP contribution is 2.21. The van der Waals surface area contributed by atoms with Gasteiger partial charge >= 0.3 is 6.09 Å². The van der Waals surface area contributed by atoms with E-state index in [1.165, 1.54) is 0 Å². The lowest BCUT2D eigenvalue weighted by Crippen LogP contribution is -2.54. The van der Waals surface area contributed by atoms with Gasteiger partial charge < -0.3 is 31.2 Å². The number of unbranched alkanes of at least 4 members (excludes halogenated alkanes) is 2. The van der Waals surface area contributed by atoms with Crippen molar-refractivity contribution >= 4 is 23.7 Å². The zero-order valence-corrected chi connectivity index (χ0v) is 21.2. The minimum Gasteiger partial charge on any atom is -0.444 e. The van der Waals surface area contributed by atoms with Crippen molar-refractivity contribution in [2.75, 3.05) is 6.54 Å². The van der Waals surface area contributed by atoms with Crippen molar-refractivity contribution in [1.82, 2.24) is 15.5 Å². The Morgan fingerprint density at radius 1 is 1.23 bits per heavy atom. The van der Waals surface area contributed by atoms with Gasteiger partial charge in [0, 0.05) is 18.7 Å². The van der Waals surface area contributed by atoms with E-state index in [2.05, 4.69) is 22.7 Å². The van der Waals surface area contributed by atoms with Crippen molar-refractivity contribution in [3.63, 3.8) is 0 Å². The molecule has 35 heavy (non-hydrogen) atoms. The van der Waals surface area contributed by atoms with Gasteiger partial charge in [-0.25, -0.2) is 4.79 Å². The third-order valence-corrected chi connectivity index (χ3v) is 5.75. The van der Waals surface area contributed by atoms with E-state index in [0.717, 1.165) is 24.8 Å². The number of nitrogens with one attached hydrogen (secondary N) is 2. The van der Waals surface area contributed by atoms with E-state index in [-0.39, 0.29) is 24.2 Å². The Morgan fingerprint density at radius 2 is 1.91 bits per heavy atom. The van der Waals surface area contributed by atoms with Gasteiger partial charge in [-0.05, 0) is 45.6 Å². The molecule has 1 aromatic rings. The number of rotatable bonds is 10. The van der Waals surface area contributed by atoms with E-state index in [1.54, 1.807) is 49.9 Å². The van der Waals surface area contributed by atoms with Crippen LogP contribution >= 0.6 is 0 Å². The number of likely N-dealkylation sites (tertiary alicyclic amines) is 1. The number of nitrogens with two attached hydrogens (primary N) is 1. The summed E-state index contributed by atoms with van der Waals surface area (Å²) in [6.45, 7) is 8.12. The quantitative estimate of drug-likeness (QED) is 0.131. The molecule has 0 saturated carbocycles. The monoisotopic (exact) mass is 489 g/mol. The fourth-order valence-electron chi connectivity index (χ4n) is 3.97. The molecule has 0 radical (unpaired) electrons. The second kappa shape index (κ2) is 13.0. The SMILES string of the molecule is CCCCCC(NC(=O)OC(C)(C)C)C(=O)N1CCCC1C(=O)NCc1ccc(/C(N)=N/O)cc1. The predicted molar refractivity (Wildman–Crippen MR) is 133 cm³/mol. The maximum absolute atomic E-state index is 13.4. The Kier molecular flexibility index (Phi) is 10.4. The summed E-state index contributed by atoms with van der Waals surface area (Å²) in [5.41, 5.74) is 6.31. The number of carbonyl (C=O) groups excluding carboxylic acids is 3. The molecule has 10 nitrogen and oxygen atoms in total. The van der Waals surface area contributed by atoms with Gasteiger partial charge in [0.1, 0.15) is 17.7 Å². The summed E-state index contributed by atoms with van der Waals surface area (Å²) in [5.74, 6) is -0.483. The minimum absolute atomic E-state index is 0.00850. The first-order valence-electron chi connectivity index (χ1n) is 12.2. The number of benzene rings is 1. The Bertz CT molecular complexity index is 895. The number of oxime groups is 1. The van der Waals surface area contributed by atoms with Gasteiger partial charge in [0.15, 0.2) is 5.84 Å². The van der Waals surface area contributed by atoms with Crippen LogP contribution in [0.2, 0.25) is 0 Å². The highest BCUT2D eigenvalue weighted by Gasteiger charge is 2.37. The molecule has 0 aliphatic carbocycles. The van der Waals surface area contributed by atoms with E-state index in [9.17, 15) is 14.4 Å². The molecule has 1 fully saturated rings. The molecule has 1 saturated heterocycles. The van der Waals surface area contributed by atoms with Crippen molar-refractivity contribution < 1.29 is 24.3 Å². The summed E-state index contributed by atoms with van der Waals surface area (Å²) in [4.78, 5) is 40.3. The first-order valence-corrected chi connectivity index (χ1v) is 12.2. The van der Waals surface area contributed by atoms with Gasteiger partial charge in [0.25, 0.3) is 0 Å². The lowest BCUT2D eigenvalue weighted by molar-refractivity contribution is -0.140. The Morgan fingerprint density at radius 3 is 2.51 bits per heavy atom. The second-order valence-corrected chi connectivity index (χ2v) is 9.78. The molecule has 1 heterocycles. The Balaban J connectivity index is 2.02. The lowest BCUT2D eigenvalue weighted by Gasteiger charge is -2.29. The van der Waals surface area contributed by atoms with Crippen LogP contribution < -0.4 is 16.4 Å². The van der Waals surface area contributed by atoms with Crippen LogP contribution in [0, 0.1) is 0 Å². The molecule has 1 aliphatic heterocycles. The number of alkyl carbamates (subject to hydrolysis) is 1. The van der Waals surface area contributed by atoms with Gasteiger partial charge in [-0.15, -0.1) is 0 Å². The highest BCUT2D eigenvalue weighted by molar-refractivity contribution is 5.97. The first-order chi connectivity index (χ1) is 16.6. The second-order valence-electron chi connectivity index (χ2n) is 9.78. The molecule has 0 spiro atoms. The molecular formula is C25H39N5O5. The molecule has 5 N–H and O–H groups in total. The highest BCUT2D eigenvalue weighted by atomic mass is 16.6. The standard InChI is InChI=1S/C25H39N5O5/c1-5-6-7-9-19(28-24(33)35-25(2,3)4)23(32)30-15-8-10-20(30)22(31)27-16-17-11-13-18(14-12-17)21(26)29-34/h11-14,19-20,34H,5-10,15-16H2,1-4H3,(H2,26,29)(H,27,31)(H,28,33). The maximum atomic E-state index is 13.4. The van der Waals surface area contributed by atoms with Crippen LogP contribution in [0.15, 0.2) is 29.4 Å². The van der Waals surface area contributed by atoms with E-state index in [0.29, 0.717) is 31.4 Å². The van der Waals surface area contributed by atoms with Crippen LogP contribution in [-0.4, -0.2) is 58.1 Å². The van der Waals surface area contributed by atoms with E-state index >= 15 is 0 Å². The van der Waals surface area contributed by atoms with Crippen molar-refractivity contribution in [2.24, 2.45) is 10.9 Å². The molecule has 0 bridgehead atoms. The summed E-state index contributed by atoms with van der Waals surface area (Å²) >= 11 is 0. The molecule has 2 rings (SSSR count). The largest absolute Gasteiger partial charge is 0.444 e. The zero-order valence-electron chi connectivity index (χ0n) is 21.2. The van der Waals surface area contributed by atoms with Crippen molar-refractivity contribution in [2.45, 2.75) is 90.4 Å². The molecule has 10 heteroatoms. The molecule has 0 aromatic heterocycles. The number of hydrogen-bond acceptors (Lipinski definition) is 6. The summed E-state index contributed by atoms with van der Waals surface area (Å²) in [6.07, 6.45) is 3.85. The number of carbonyl (C=O) groups is 3. The summed E-state index contributed by atoms with van der Waals surface area (Å²) < 4.78 is 5.35. The van der Waals surface area contributed by atoms with Crippen LogP contribution in [0.3, 0.4) is 0 Å². The van der Waals surface area contributed by atoms with Crippen molar-refractivity contribution in [1.29, 1.82) is 0 Å². The topological polar surface area (TPSA) is 146 Å². The van der Waals surface area contributed by atoms with E-state index in [1.807, 2.05) is 0 Å². The van der Waals surface area contributed by atoms with Crippen LogP contribution in [0.5, 0.6) is 0 Å². The fourth-order valence-corrected chi connectivity index (χ4v) is 3.97. The Labute approximate surface area is 207 Å². The van der Waals surface area contributed by atoms with Crippen LogP contribution in [0.4, 0.5) is 4.79 Å². The predicted octanol–water partition coefficient (Wildman–Crippen LogP) is 2.86. The fraction of sp³-hybridized carbons (Fsp3) is 0.600. The van der Waals surface area contributed by atoms with Crippen LogP contribution in [0.1, 0.15) is 77.3 Å².